The lowest BCUT2D eigenvalue weighted by Crippen LogP contribution is -2.13. The van der Waals surface area contributed by atoms with Crippen LogP contribution in [0.2, 0.25) is 5.02 Å². The van der Waals surface area contributed by atoms with Gasteiger partial charge in [-0.15, -0.1) is 0 Å². The molecule has 1 unspecified atom stereocenters. The number of hydrogen-bond donors (Lipinski definition) is 2. The lowest BCUT2D eigenvalue weighted by molar-refractivity contribution is 0.123. The van der Waals surface area contributed by atoms with Crippen LogP contribution in [-0.2, 0) is 0 Å². The van der Waals surface area contributed by atoms with Gasteiger partial charge in [-0.25, -0.2) is 0 Å². The highest BCUT2D eigenvalue weighted by Gasteiger charge is 2.03. The van der Waals surface area contributed by atoms with Crippen molar-refractivity contribution in [3.63, 3.8) is 0 Å². The number of nitrogen functional groups attached to an aromatic ring is 1. The zero-order valence-corrected chi connectivity index (χ0v) is 8.08. The van der Waals surface area contributed by atoms with Crippen molar-refractivity contribution in [1.82, 2.24) is 0 Å². The molecule has 0 saturated heterocycles. The molecular weight excluding hydrogens is 190 g/mol. The Hall–Kier alpha value is -0.930. The van der Waals surface area contributed by atoms with Gasteiger partial charge >= 0.3 is 0 Å². The van der Waals surface area contributed by atoms with Gasteiger partial charge in [-0.3, -0.25) is 0 Å². The molecule has 0 bridgehead atoms. The summed E-state index contributed by atoms with van der Waals surface area (Å²) in [5, 5.41) is 9.47. The second-order valence-corrected chi connectivity index (χ2v) is 3.26. The average molecular weight is 202 g/mol. The zero-order chi connectivity index (χ0) is 9.84. The van der Waals surface area contributed by atoms with Crippen molar-refractivity contribution >= 4 is 17.3 Å². The highest BCUT2D eigenvalue weighted by atomic mass is 35.5. The number of aliphatic hydroxyl groups excluding tert-OH is 1. The second kappa shape index (κ2) is 4.35. The lowest BCUT2D eigenvalue weighted by Gasteiger charge is -2.09. The monoisotopic (exact) mass is 201 g/mol. The first-order valence-electron chi connectivity index (χ1n) is 3.95. The quantitative estimate of drug-likeness (QED) is 0.732. The third-order valence-electron chi connectivity index (χ3n) is 1.44. The molecule has 0 aromatic heterocycles. The first-order valence-corrected chi connectivity index (χ1v) is 4.33. The molecule has 3 nitrogen and oxygen atoms in total. The van der Waals surface area contributed by atoms with Gasteiger partial charge in [-0.2, -0.15) is 0 Å². The summed E-state index contributed by atoms with van der Waals surface area (Å²) < 4.78 is 5.22. The number of nitrogens with two attached hydrogens (primary N) is 1. The molecule has 3 N–H and O–H groups in total. The molecule has 0 aliphatic heterocycles. The SMILES string of the molecule is CC(O)COc1cc(N)ccc1Cl. The molecule has 1 aromatic rings. The van der Waals surface area contributed by atoms with E-state index in [-0.39, 0.29) is 6.61 Å². The smallest absolute Gasteiger partial charge is 0.140 e. The van der Waals surface area contributed by atoms with Crippen molar-refractivity contribution in [2.45, 2.75) is 13.0 Å². The van der Waals surface area contributed by atoms with Gasteiger partial charge in [0.15, 0.2) is 0 Å². The molecule has 0 aliphatic carbocycles. The fraction of sp³-hybridized carbons (Fsp3) is 0.333. The van der Waals surface area contributed by atoms with Crippen LogP contribution in [0.1, 0.15) is 6.92 Å². The minimum atomic E-state index is -0.516. The van der Waals surface area contributed by atoms with Crippen LogP contribution in [0.3, 0.4) is 0 Å². The Morgan fingerprint density at radius 1 is 1.62 bits per heavy atom. The molecule has 72 valence electrons. The van der Waals surface area contributed by atoms with E-state index in [1.807, 2.05) is 0 Å². The number of benzene rings is 1. The Kier molecular flexibility index (Phi) is 3.39. The maximum atomic E-state index is 8.97. The van der Waals surface area contributed by atoms with Gasteiger partial charge in [0.2, 0.25) is 0 Å². The fourth-order valence-electron chi connectivity index (χ4n) is 0.841. The second-order valence-electron chi connectivity index (χ2n) is 2.85. The van der Waals surface area contributed by atoms with Crippen molar-refractivity contribution < 1.29 is 9.84 Å². The molecule has 0 radical (unpaired) electrons. The predicted octanol–water partition coefficient (Wildman–Crippen LogP) is 1.68. The van der Waals surface area contributed by atoms with Gasteiger partial charge in [0.05, 0.1) is 11.1 Å². The van der Waals surface area contributed by atoms with Gasteiger partial charge < -0.3 is 15.6 Å². The van der Waals surface area contributed by atoms with E-state index in [0.29, 0.717) is 16.5 Å². The molecule has 4 heteroatoms. The highest BCUT2D eigenvalue weighted by Crippen LogP contribution is 2.26. The third kappa shape index (κ3) is 3.13. The van der Waals surface area contributed by atoms with Crippen LogP contribution >= 0.6 is 11.6 Å². The summed E-state index contributed by atoms with van der Waals surface area (Å²) in [6, 6.07) is 4.98. The van der Waals surface area contributed by atoms with E-state index >= 15 is 0 Å². The molecule has 1 aromatic carbocycles. The molecular formula is C9H12ClNO2. The van der Waals surface area contributed by atoms with Crippen molar-refractivity contribution in [3.8, 4) is 5.75 Å². The highest BCUT2D eigenvalue weighted by molar-refractivity contribution is 6.32. The van der Waals surface area contributed by atoms with Crippen LogP contribution in [0.4, 0.5) is 5.69 Å². The molecule has 13 heavy (non-hydrogen) atoms. The lowest BCUT2D eigenvalue weighted by atomic mass is 10.3. The number of anilines is 1. The van der Waals surface area contributed by atoms with Gasteiger partial charge in [0.25, 0.3) is 0 Å². The molecule has 0 heterocycles. The van der Waals surface area contributed by atoms with Crippen molar-refractivity contribution in [3.05, 3.63) is 23.2 Å². The van der Waals surface area contributed by atoms with E-state index < -0.39 is 6.10 Å². The number of halogens is 1. The Morgan fingerprint density at radius 2 is 2.31 bits per heavy atom. The van der Waals surface area contributed by atoms with Gasteiger partial charge in [0.1, 0.15) is 12.4 Å². The summed E-state index contributed by atoms with van der Waals surface area (Å²) in [6.07, 6.45) is -0.516. The average Bonchev–Trinajstić information content (AvgIpc) is 2.06. The Morgan fingerprint density at radius 3 is 2.92 bits per heavy atom. The standard InChI is InChI=1S/C9H12ClNO2/c1-6(12)5-13-9-4-7(11)2-3-8(9)10/h2-4,6,12H,5,11H2,1H3. The maximum Gasteiger partial charge on any atom is 0.140 e. The summed E-state index contributed by atoms with van der Waals surface area (Å²) in [6.45, 7) is 1.85. The molecule has 0 saturated carbocycles. The van der Waals surface area contributed by atoms with E-state index in [9.17, 15) is 0 Å². The molecule has 0 spiro atoms. The first kappa shape index (κ1) is 10.2. The van der Waals surface area contributed by atoms with E-state index in [4.69, 9.17) is 27.2 Å². The van der Waals surface area contributed by atoms with E-state index in [2.05, 4.69) is 0 Å². The molecule has 1 rings (SSSR count). The normalized spacial score (nSPS) is 12.5. The van der Waals surface area contributed by atoms with Crippen LogP contribution < -0.4 is 10.5 Å². The third-order valence-corrected chi connectivity index (χ3v) is 1.75. The van der Waals surface area contributed by atoms with Crippen molar-refractivity contribution in [2.24, 2.45) is 0 Å². The van der Waals surface area contributed by atoms with Gasteiger partial charge in [0, 0.05) is 11.8 Å². The molecule has 0 amide bonds. The van der Waals surface area contributed by atoms with Crippen LogP contribution in [0, 0.1) is 0 Å². The minimum Gasteiger partial charge on any atom is -0.489 e. The largest absolute Gasteiger partial charge is 0.489 e. The summed E-state index contributed by atoms with van der Waals surface area (Å²) in [5.41, 5.74) is 6.12. The van der Waals surface area contributed by atoms with Crippen LogP contribution in [0.25, 0.3) is 0 Å². The number of rotatable bonds is 3. The number of ether oxygens (including phenoxy) is 1. The molecule has 1 atom stereocenters. The summed E-state index contributed by atoms with van der Waals surface area (Å²) in [5.74, 6) is 0.502. The van der Waals surface area contributed by atoms with E-state index in [1.54, 1.807) is 25.1 Å². The Labute approximate surface area is 82.1 Å². The van der Waals surface area contributed by atoms with E-state index in [0.717, 1.165) is 0 Å². The molecule has 0 fully saturated rings. The van der Waals surface area contributed by atoms with Crippen molar-refractivity contribution in [2.75, 3.05) is 12.3 Å². The van der Waals surface area contributed by atoms with Crippen LogP contribution in [0.15, 0.2) is 18.2 Å². The molecule has 0 aliphatic rings. The number of hydrogen-bond acceptors (Lipinski definition) is 3. The summed E-state index contributed by atoms with van der Waals surface area (Å²) in [7, 11) is 0. The summed E-state index contributed by atoms with van der Waals surface area (Å²) in [4.78, 5) is 0. The summed E-state index contributed by atoms with van der Waals surface area (Å²) >= 11 is 5.82. The van der Waals surface area contributed by atoms with Gasteiger partial charge in [-0.1, -0.05) is 11.6 Å². The van der Waals surface area contributed by atoms with E-state index in [1.165, 1.54) is 0 Å². The fourth-order valence-corrected chi connectivity index (χ4v) is 1.01. The Balaban J connectivity index is 2.70. The topological polar surface area (TPSA) is 55.5 Å². The van der Waals surface area contributed by atoms with Gasteiger partial charge in [-0.05, 0) is 19.1 Å². The zero-order valence-electron chi connectivity index (χ0n) is 7.33. The van der Waals surface area contributed by atoms with Crippen molar-refractivity contribution in [1.29, 1.82) is 0 Å². The number of aliphatic hydroxyl groups is 1. The minimum absolute atomic E-state index is 0.211. The van der Waals surface area contributed by atoms with Crippen LogP contribution in [0.5, 0.6) is 5.75 Å². The van der Waals surface area contributed by atoms with Crippen LogP contribution in [-0.4, -0.2) is 17.8 Å². The Bertz CT molecular complexity index is 289. The maximum absolute atomic E-state index is 8.97. The first-order chi connectivity index (χ1) is 6.09. The predicted molar refractivity (Wildman–Crippen MR) is 53.0 cm³/mol.